The fraction of sp³-hybridized carbons (Fsp3) is 0.917. The van der Waals surface area contributed by atoms with Gasteiger partial charge in [0.2, 0.25) is 5.91 Å². The number of methoxy groups -OCH3 is 1. The van der Waals surface area contributed by atoms with Crippen LogP contribution in [0.2, 0.25) is 0 Å². The van der Waals surface area contributed by atoms with Gasteiger partial charge in [0.05, 0.1) is 12.0 Å². The Morgan fingerprint density at radius 2 is 2.19 bits per heavy atom. The van der Waals surface area contributed by atoms with Crippen LogP contribution >= 0.6 is 11.6 Å². The van der Waals surface area contributed by atoms with Crippen molar-refractivity contribution in [1.29, 1.82) is 0 Å². The van der Waals surface area contributed by atoms with Gasteiger partial charge < -0.3 is 10.1 Å². The lowest BCUT2D eigenvalue weighted by Gasteiger charge is -2.09. The molecule has 2 fully saturated rings. The third-order valence-corrected chi connectivity index (χ3v) is 4.16. The molecule has 3 atom stereocenters. The maximum absolute atomic E-state index is 11.8. The molecule has 0 saturated heterocycles. The molecule has 2 aliphatic rings. The number of halogens is 1. The van der Waals surface area contributed by atoms with Crippen molar-refractivity contribution < 1.29 is 9.53 Å². The van der Waals surface area contributed by atoms with Gasteiger partial charge in [-0.1, -0.05) is 6.42 Å². The van der Waals surface area contributed by atoms with Gasteiger partial charge >= 0.3 is 0 Å². The van der Waals surface area contributed by atoms with Crippen molar-refractivity contribution >= 4 is 17.5 Å². The van der Waals surface area contributed by atoms with Gasteiger partial charge in [-0.3, -0.25) is 4.79 Å². The van der Waals surface area contributed by atoms with E-state index in [9.17, 15) is 4.79 Å². The summed E-state index contributed by atoms with van der Waals surface area (Å²) >= 11 is 5.98. The van der Waals surface area contributed by atoms with Gasteiger partial charge in [0, 0.05) is 19.6 Å². The zero-order chi connectivity index (χ0) is 11.5. The van der Waals surface area contributed by atoms with Crippen molar-refractivity contribution in [3.63, 3.8) is 0 Å². The van der Waals surface area contributed by atoms with Crippen molar-refractivity contribution in [2.75, 3.05) is 20.3 Å². The van der Waals surface area contributed by atoms with Gasteiger partial charge in [-0.2, -0.15) is 0 Å². The number of nitrogens with one attached hydrogen (secondary N) is 1. The zero-order valence-electron chi connectivity index (χ0n) is 9.75. The van der Waals surface area contributed by atoms with E-state index < -0.39 is 0 Å². The first-order valence-corrected chi connectivity index (χ1v) is 6.58. The number of amides is 1. The molecule has 0 bridgehead atoms. The first-order valence-electron chi connectivity index (χ1n) is 6.14. The number of hydrogen-bond acceptors (Lipinski definition) is 2. The van der Waals surface area contributed by atoms with Gasteiger partial charge in [-0.05, 0) is 31.1 Å². The van der Waals surface area contributed by atoms with Gasteiger partial charge in [-0.25, -0.2) is 0 Å². The number of hydrogen-bond donors (Lipinski definition) is 1. The quantitative estimate of drug-likeness (QED) is 0.725. The van der Waals surface area contributed by atoms with Crippen LogP contribution in [0.5, 0.6) is 0 Å². The summed E-state index contributed by atoms with van der Waals surface area (Å²) in [4.78, 5) is 11.8. The Hall–Kier alpha value is -0.280. The van der Waals surface area contributed by atoms with Crippen LogP contribution in [-0.2, 0) is 9.53 Å². The molecule has 1 amide bonds. The van der Waals surface area contributed by atoms with E-state index in [1.165, 1.54) is 19.3 Å². The Morgan fingerprint density at radius 3 is 2.81 bits per heavy atom. The van der Waals surface area contributed by atoms with Crippen LogP contribution < -0.4 is 5.32 Å². The number of fused-ring (bicyclic) bond motifs is 1. The third-order valence-electron chi connectivity index (χ3n) is 3.81. The Labute approximate surface area is 102 Å². The van der Waals surface area contributed by atoms with Crippen LogP contribution in [0.25, 0.3) is 0 Å². The molecule has 92 valence electrons. The van der Waals surface area contributed by atoms with E-state index in [1.54, 1.807) is 7.11 Å². The molecule has 1 N–H and O–H groups in total. The van der Waals surface area contributed by atoms with Crippen LogP contribution in [0.1, 0.15) is 25.7 Å². The molecule has 16 heavy (non-hydrogen) atoms. The molecule has 3 unspecified atom stereocenters. The number of ether oxygens (including phenoxy) is 1. The Bertz CT molecular complexity index is 249. The van der Waals surface area contributed by atoms with Crippen molar-refractivity contribution in [2.45, 2.75) is 31.1 Å². The highest BCUT2D eigenvalue weighted by molar-refractivity contribution is 6.20. The summed E-state index contributed by atoms with van der Waals surface area (Å²) in [5.41, 5.74) is 0. The minimum absolute atomic E-state index is 0.00371. The molecule has 0 heterocycles. The molecule has 2 saturated carbocycles. The number of carbonyl (C=O) groups excluding carboxylic acids is 1. The van der Waals surface area contributed by atoms with Crippen molar-refractivity contribution in [2.24, 2.45) is 17.8 Å². The molecular formula is C12H20ClNO2. The van der Waals surface area contributed by atoms with E-state index in [2.05, 4.69) is 5.32 Å². The number of rotatable bonds is 6. The molecule has 4 heteroatoms. The molecule has 0 aromatic rings. The average molecular weight is 246 g/mol. The van der Waals surface area contributed by atoms with Gasteiger partial charge in [0.25, 0.3) is 0 Å². The fourth-order valence-corrected chi connectivity index (χ4v) is 3.18. The van der Waals surface area contributed by atoms with Crippen molar-refractivity contribution in [1.82, 2.24) is 5.32 Å². The van der Waals surface area contributed by atoms with Crippen LogP contribution in [0.3, 0.4) is 0 Å². The predicted molar refractivity (Wildman–Crippen MR) is 63.5 cm³/mol. The normalized spacial score (nSPS) is 33.2. The minimum Gasteiger partial charge on any atom is -0.383 e. The minimum atomic E-state index is 0.00371. The maximum Gasteiger partial charge on any atom is 0.223 e. The third kappa shape index (κ3) is 2.69. The molecule has 0 spiro atoms. The second-order valence-electron chi connectivity index (χ2n) is 4.92. The van der Waals surface area contributed by atoms with Crippen molar-refractivity contribution in [3.8, 4) is 0 Å². The van der Waals surface area contributed by atoms with Gasteiger partial charge in [0.15, 0.2) is 0 Å². The summed E-state index contributed by atoms with van der Waals surface area (Å²) in [6.07, 6.45) is 4.61. The highest BCUT2D eigenvalue weighted by atomic mass is 35.5. The summed E-state index contributed by atoms with van der Waals surface area (Å²) in [5, 5.41) is 2.99. The predicted octanol–water partition coefficient (Wildman–Crippen LogP) is 1.79. The summed E-state index contributed by atoms with van der Waals surface area (Å²) in [5.74, 6) is 1.97. The van der Waals surface area contributed by atoms with Gasteiger partial charge in [-0.15, -0.1) is 11.6 Å². The highest BCUT2D eigenvalue weighted by Gasteiger charge is 2.56. The molecule has 0 aromatic heterocycles. The summed E-state index contributed by atoms with van der Waals surface area (Å²) in [7, 11) is 1.64. The maximum atomic E-state index is 11.8. The van der Waals surface area contributed by atoms with Crippen LogP contribution in [0.4, 0.5) is 0 Å². The van der Waals surface area contributed by atoms with Crippen LogP contribution in [-0.4, -0.2) is 31.5 Å². The Balaban J connectivity index is 1.58. The molecule has 3 nitrogen and oxygen atoms in total. The lowest BCUT2D eigenvalue weighted by molar-refractivity contribution is -0.123. The van der Waals surface area contributed by atoms with Crippen LogP contribution in [0, 0.1) is 17.8 Å². The largest absolute Gasteiger partial charge is 0.383 e. The number of carbonyl (C=O) groups is 1. The van der Waals surface area contributed by atoms with E-state index in [-0.39, 0.29) is 11.3 Å². The smallest absolute Gasteiger partial charge is 0.223 e. The molecule has 0 aromatic carbocycles. The van der Waals surface area contributed by atoms with E-state index in [1.807, 2.05) is 0 Å². The Morgan fingerprint density at radius 1 is 1.50 bits per heavy atom. The van der Waals surface area contributed by atoms with E-state index >= 15 is 0 Å². The molecule has 2 aliphatic carbocycles. The topological polar surface area (TPSA) is 38.3 Å². The molecule has 0 radical (unpaired) electrons. The molecular weight excluding hydrogens is 226 g/mol. The lowest BCUT2D eigenvalue weighted by Crippen LogP contribution is -2.29. The first-order chi connectivity index (χ1) is 7.74. The zero-order valence-corrected chi connectivity index (χ0v) is 10.5. The molecule has 0 aliphatic heterocycles. The van der Waals surface area contributed by atoms with E-state index in [0.29, 0.717) is 30.9 Å². The molecule has 2 rings (SSSR count). The average Bonchev–Trinajstić information content (AvgIpc) is 2.73. The van der Waals surface area contributed by atoms with E-state index in [4.69, 9.17) is 16.3 Å². The fourth-order valence-electron chi connectivity index (χ4n) is 2.94. The second-order valence-corrected chi connectivity index (χ2v) is 5.53. The van der Waals surface area contributed by atoms with Crippen molar-refractivity contribution in [3.05, 3.63) is 0 Å². The summed E-state index contributed by atoms with van der Waals surface area (Å²) in [6, 6.07) is 0. The number of alkyl halides is 1. The Kier molecular flexibility index (Phi) is 4.09. The standard InChI is InChI=1S/C12H20ClNO2/c1-16-7-8(13)5-6-14-12(15)11-9-3-2-4-10(9)11/h8-11H,2-7H2,1H3,(H,14,15). The second kappa shape index (κ2) is 5.37. The monoisotopic (exact) mass is 245 g/mol. The van der Waals surface area contributed by atoms with Crippen LogP contribution in [0.15, 0.2) is 0 Å². The van der Waals surface area contributed by atoms with Gasteiger partial charge in [0.1, 0.15) is 0 Å². The summed E-state index contributed by atoms with van der Waals surface area (Å²) in [6.45, 7) is 1.22. The van der Waals surface area contributed by atoms with E-state index in [0.717, 1.165) is 6.42 Å². The summed E-state index contributed by atoms with van der Waals surface area (Å²) < 4.78 is 4.94. The highest BCUT2D eigenvalue weighted by Crippen LogP contribution is 2.57. The SMILES string of the molecule is COCC(Cl)CCNC(=O)C1C2CCCC21. The first kappa shape index (κ1) is 12.2. The lowest BCUT2D eigenvalue weighted by atomic mass is 10.1.